The molecule has 0 atom stereocenters. The molecule has 0 aromatic heterocycles. The lowest BCUT2D eigenvalue weighted by molar-refractivity contribution is -0.904. The average molecular weight is 560 g/mol. The number of hydrogen-bond acceptors (Lipinski definition) is 1. The van der Waals surface area contributed by atoms with Gasteiger partial charge in [0.15, 0.2) is 6.54 Å². The van der Waals surface area contributed by atoms with Gasteiger partial charge in [0.1, 0.15) is 0 Å². The number of quaternary nitrogens is 1. The maximum atomic E-state index is 13.6. The quantitative estimate of drug-likeness (QED) is 0.0456. The maximum Gasteiger partial charge on any atom is 0.277 e. The van der Waals surface area contributed by atoms with Crippen molar-refractivity contribution in [3.05, 3.63) is 38.0 Å². The van der Waals surface area contributed by atoms with Crippen LogP contribution in [-0.4, -0.2) is 54.6 Å². The van der Waals surface area contributed by atoms with Gasteiger partial charge < -0.3 is 9.38 Å². The zero-order valence-electron chi connectivity index (χ0n) is 27.5. The number of amides is 1. The molecule has 0 saturated heterocycles. The Morgan fingerprint density at radius 3 is 1.05 bits per heavy atom. The van der Waals surface area contributed by atoms with Crippen molar-refractivity contribution >= 4 is 5.91 Å². The Labute approximate surface area is 252 Å². The van der Waals surface area contributed by atoms with E-state index in [2.05, 4.69) is 38.5 Å². The van der Waals surface area contributed by atoms with Crippen molar-refractivity contribution in [1.82, 2.24) is 4.90 Å². The molecule has 0 aliphatic heterocycles. The van der Waals surface area contributed by atoms with Crippen LogP contribution in [0.15, 0.2) is 38.0 Å². The second-order valence-electron chi connectivity index (χ2n) is 12.4. The molecule has 0 aliphatic carbocycles. The SMILES string of the molecule is C=CC[N+](CC=C)(CC=C)CC(=O)N(CCCCCCCCCCCC)CCCCCCCCCCCCCC. The molecule has 0 fully saturated rings. The fourth-order valence-corrected chi connectivity index (χ4v) is 5.92. The Kier molecular flexibility index (Phi) is 28.2. The highest BCUT2D eigenvalue weighted by Crippen LogP contribution is 2.15. The second kappa shape index (κ2) is 29.2. The first kappa shape index (κ1) is 38.6. The zero-order chi connectivity index (χ0) is 29.6. The minimum absolute atomic E-state index is 0.296. The summed E-state index contributed by atoms with van der Waals surface area (Å²) in [7, 11) is 0. The van der Waals surface area contributed by atoms with E-state index in [0.717, 1.165) is 45.6 Å². The van der Waals surface area contributed by atoms with Gasteiger partial charge in [0.05, 0.1) is 19.6 Å². The van der Waals surface area contributed by atoms with Gasteiger partial charge in [-0.05, 0) is 31.1 Å². The summed E-state index contributed by atoms with van der Waals surface area (Å²) in [6.07, 6.45) is 35.3. The normalized spacial score (nSPS) is 11.4. The van der Waals surface area contributed by atoms with Gasteiger partial charge in [-0.25, -0.2) is 0 Å². The van der Waals surface area contributed by atoms with Crippen molar-refractivity contribution in [2.45, 2.75) is 155 Å². The molecule has 0 heterocycles. The lowest BCUT2D eigenvalue weighted by Gasteiger charge is -2.37. The van der Waals surface area contributed by atoms with Crippen LogP contribution in [0.1, 0.15) is 155 Å². The monoisotopic (exact) mass is 560 g/mol. The lowest BCUT2D eigenvalue weighted by Crippen LogP contribution is -2.54. The molecule has 0 saturated carbocycles. The Morgan fingerprint density at radius 2 is 0.775 bits per heavy atom. The fraction of sp³-hybridized carbons (Fsp3) is 0.811. The molecule has 0 rings (SSSR count). The average Bonchev–Trinajstić information content (AvgIpc) is 2.93. The highest BCUT2D eigenvalue weighted by molar-refractivity contribution is 5.77. The molecule has 0 N–H and O–H groups in total. The second-order valence-corrected chi connectivity index (χ2v) is 12.4. The molecule has 0 radical (unpaired) electrons. The topological polar surface area (TPSA) is 20.3 Å². The van der Waals surface area contributed by atoms with Gasteiger partial charge in [0.25, 0.3) is 5.91 Å². The van der Waals surface area contributed by atoms with Crippen LogP contribution in [0.4, 0.5) is 0 Å². The summed E-state index contributed by atoms with van der Waals surface area (Å²) in [6.45, 7) is 21.1. The summed E-state index contributed by atoms with van der Waals surface area (Å²) in [4.78, 5) is 15.8. The van der Waals surface area contributed by atoms with Crippen LogP contribution in [0.25, 0.3) is 0 Å². The summed E-state index contributed by atoms with van der Waals surface area (Å²) >= 11 is 0. The Bertz CT molecular complexity index is 572. The Hall–Kier alpha value is -1.35. The van der Waals surface area contributed by atoms with Crippen LogP contribution >= 0.6 is 0 Å². The number of carbonyl (C=O) groups excluding carboxylic acids is 1. The summed E-state index contributed by atoms with van der Waals surface area (Å²) in [5.41, 5.74) is 0. The van der Waals surface area contributed by atoms with E-state index in [1.165, 1.54) is 128 Å². The van der Waals surface area contributed by atoms with Gasteiger partial charge >= 0.3 is 0 Å². The molecular weight excluding hydrogens is 488 g/mol. The lowest BCUT2D eigenvalue weighted by atomic mass is 10.0. The van der Waals surface area contributed by atoms with Gasteiger partial charge in [0.2, 0.25) is 0 Å². The van der Waals surface area contributed by atoms with E-state index < -0.39 is 0 Å². The first-order valence-electron chi connectivity index (χ1n) is 17.5. The smallest absolute Gasteiger partial charge is 0.277 e. The molecule has 234 valence electrons. The third kappa shape index (κ3) is 22.4. The number of carbonyl (C=O) groups is 1. The van der Waals surface area contributed by atoms with E-state index in [1.54, 1.807) is 0 Å². The van der Waals surface area contributed by atoms with Gasteiger partial charge in [-0.15, -0.1) is 0 Å². The highest BCUT2D eigenvalue weighted by Gasteiger charge is 2.29. The standard InChI is InChI=1S/C37H71N2O/c1-6-11-13-15-17-19-21-22-24-26-28-30-32-38(31-29-27-25-23-20-18-16-14-12-7-2)37(40)36-39(33-8-3,34-9-4)35-10-5/h8-10H,3-7,11-36H2,1-2H3/q+1. The third-order valence-electron chi connectivity index (χ3n) is 8.44. The Balaban J connectivity index is 4.56. The summed E-state index contributed by atoms with van der Waals surface area (Å²) < 4.78 is 0.655. The largest absolute Gasteiger partial charge is 0.338 e. The van der Waals surface area contributed by atoms with Crippen LogP contribution in [0.5, 0.6) is 0 Å². The fourth-order valence-electron chi connectivity index (χ4n) is 5.92. The van der Waals surface area contributed by atoms with E-state index in [9.17, 15) is 4.79 Å². The van der Waals surface area contributed by atoms with E-state index in [1.807, 2.05) is 18.2 Å². The van der Waals surface area contributed by atoms with Crippen LogP contribution < -0.4 is 0 Å². The first-order valence-corrected chi connectivity index (χ1v) is 17.5. The summed E-state index contributed by atoms with van der Waals surface area (Å²) in [5, 5.41) is 0. The molecule has 0 aromatic carbocycles. The minimum atomic E-state index is 0.296. The van der Waals surface area contributed by atoms with Crippen LogP contribution in [0.3, 0.4) is 0 Å². The van der Waals surface area contributed by atoms with Crippen molar-refractivity contribution in [3.63, 3.8) is 0 Å². The van der Waals surface area contributed by atoms with Crippen molar-refractivity contribution < 1.29 is 9.28 Å². The number of rotatable bonds is 32. The number of hydrogen-bond donors (Lipinski definition) is 0. The Morgan fingerprint density at radius 1 is 0.500 bits per heavy atom. The van der Waals surface area contributed by atoms with E-state index in [4.69, 9.17) is 0 Å². The van der Waals surface area contributed by atoms with Crippen molar-refractivity contribution in [3.8, 4) is 0 Å². The van der Waals surface area contributed by atoms with Crippen molar-refractivity contribution in [2.75, 3.05) is 39.3 Å². The van der Waals surface area contributed by atoms with Crippen LogP contribution in [0.2, 0.25) is 0 Å². The molecule has 3 heteroatoms. The third-order valence-corrected chi connectivity index (χ3v) is 8.44. The van der Waals surface area contributed by atoms with Gasteiger partial charge in [0, 0.05) is 13.1 Å². The van der Waals surface area contributed by atoms with Crippen LogP contribution in [-0.2, 0) is 4.79 Å². The van der Waals surface area contributed by atoms with Gasteiger partial charge in [-0.3, -0.25) is 4.79 Å². The maximum absolute atomic E-state index is 13.6. The predicted octanol–water partition coefficient (Wildman–Crippen LogP) is 10.8. The molecule has 0 aliphatic rings. The summed E-state index contributed by atoms with van der Waals surface area (Å²) in [5.74, 6) is 0.296. The van der Waals surface area contributed by atoms with E-state index >= 15 is 0 Å². The van der Waals surface area contributed by atoms with Gasteiger partial charge in [-0.2, -0.15) is 0 Å². The van der Waals surface area contributed by atoms with E-state index in [0.29, 0.717) is 16.9 Å². The molecule has 40 heavy (non-hydrogen) atoms. The van der Waals surface area contributed by atoms with Crippen molar-refractivity contribution in [2.24, 2.45) is 0 Å². The molecule has 0 spiro atoms. The number of nitrogens with zero attached hydrogens (tertiary/aromatic N) is 2. The highest BCUT2D eigenvalue weighted by atomic mass is 16.2. The molecule has 0 unspecified atom stereocenters. The molecular formula is C37H71N2O+. The zero-order valence-corrected chi connectivity index (χ0v) is 27.5. The predicted molar refractivity (Wildman–Crippen MR) is 180 cm³/mol. The molecule has 3 nitrogen and oxygen atoms in total. The molecule has 0 aromatic rings. The molecule has 0 bridgehead atoms. The van der Waals surface area contributed by atoms with Crippen LogP contribution in [0, 0.1) is 0 Å². The minimum Gasteiger partial charge on any atom is -0.338 e. The van der Waals surface area contributed by atoms with E-state index in [-0.39, 0.29) is 0 Å². The molecule has 1 amide bonds. The van der Waals surface area contributed by atoms with Crippen molar-refractivity contribution in [1.29, 1.82) is 0 Å². The number of unbranched alkanes of at least 4 members (excludes halogenated alkanes) is 20. The first-order chi connectivity index (χ1) is 19.6. The summed E-state index contributed by atoms with van der Waals surface area (Å²) in [6, 6.07) is 0. The van der Waals surface area contributed by atoms with Gasteiger partial charge in [-0.1, -0.05) is 162 Å².